The number of rotatable bonds is 4. The topological polar surface area (TPSA) is 51.6 Å². The number of hydrogen-bond acceptors (Lipinski definition) is 4. The monoisotopic (exact) mass is 364 g/mol. The van der Waals surface area contributed by atoms with E-state index in [4.69, 9.17) is 0 Å². The maximum atomic E-state index is 4.40. The Morgan fingerprint density at radius 3 is 0.821 bits per heavy atom. The maximum absolute atomic E-state index is 4.40. The minimum Gasteiger partial charge on any atom is -0.264 e. The van der Waals surface area contributed by atoms with Gasteiger partial charge in [-0.05, 0) is 46.5 Å². The van der Waals surface area contributed by atoms with Crippen LogP contribution in [0.3, 0.4) is 0 Å². The minimum absolute atomic E-state index is 0.312. The third kappa shape index (κ3) is 2.87. The summed E-state index contributed by atoms with van der Waals surface area (Å²) in [4.78, 5) is 17.6. The van der Waals surface area contributed by atoms with Gasteiger partial charge in [-0.3, -0.25) is 19.9 Å². The Morgan fingerprint density at radius 2 is 0.643 bits per heavy atom. The molecule has 4 nitrogen and oxygen atoms in total. The first kappa shape index (κ1) is 16.8. The summed E-state index contributed by atoms with van der Waals surface area (Å²) in [5, 5.41) is 0. The summed E-state index contributed by atoms with van der Waals surface area (Å²) in [7, 11) is 0. The van der Waals surface area contributed by atoms with Gasteiger partial charge in [-0.1, -0.05) is 24.3 Å². The smallest absolute Gasteiger partial charge is 0.0303 e. The lowest BCUT2D eigenvalue weighted by atomic mass is 9.49. The Bertz CT molecular complexity index is 841. The van der Waals surface area contributed by atoms with E-state index in [2.05, 4.69) is 44.2 Å². The highest BCUT2D eigenvalue weighted by molar-refractivity contribution is 5.46. The predicted molar refractivity (Wildman–Crippen MR) is 108 cm³/mol. The second-order valence-corrected chi connectivity index (χ2v) is 7.25. The molecule has 1 aliphatic carbocycles. The highest BCUT2D eigenvalue weighted by atomic mass is 14.7. The molecule has 0 saturated heterocycles. The van der Waals surface area contributed by atoms with E-state index in [9.17, 15) is 0 Å². The van der Waals surface area contributed by atoms with Crippen LogP contribution >= 0.6 is 0 Å². The lowest BCUT2D eigenvalue weighted by molar-refractivity contribution is 0.227. The molecule has 0 aliphatic heterocycles. The van der Waals surface area contributed by atoms with Gasteiger partial charge < -0.3 is 0 Å². The Hall–Kier alpha value is -3.40. The van der Waals surface area contributed by atoms with Crippen molar-refractivity contribution in [3.8, 4) is 0 Å². The maximum Gasteiger partial charge on any atom is 0.0303 e. The van der Waals surface area contributed by atoms with Crippen molar-refractivity contribution < 1.29 is 0 Å². The first-order valence-electron chi connectivity index (χ1n) is 9.53. The summed E-state index contributed by atoms with van der Waals surface area (Å²) in [5.41, 5.74) is 5.02. The lowest BCUT2D eigenvalue weighted by Gasteiger charge is -2.53. The largest absolute Gasteiger partial charge is 0.264 e. The van der Waals surface area contributed by atoms with Crippen LogP contribution in [0.25, 0.3) is 0 Å². The molecule has 0 spiro atoms. The van der Waals surface area contributed by atoms with Gasteiger partial charge in [-0.15, -0.1) is 0 Å². The molecule has 4 aromatic rings. The SMILES string of the molecule is c1cncc(C2C(c3cccnc3)C(c3cccnc3)C2c2cccnc2)c1. The Labute approximate surface area is 164 Å². The number of aromatic nitrogens is 4. The average molecular weight is 364 g/mol. The van der Waals surface area contributed by atoms with Crippen molar-refractivity contribution in [2.24, 2.45) is 0 Å². The number of nitrogens with zero attached hydrogens (tertiary/aromatic N) is 4. The summed E-state index contributed by atoms with van der Waals surface area (Å²) in [6.45, 7) is 0. The molecule has 5 rings (SSSR count). The standard InChI is InChI=1S/C24H20N4/c1-5-17(13-25-9-1)21-22(18-6-2-10-26-14-18)24(20-8-4-12-28-16-20)23(21)19-7-3-11-27-15-19/h1-16,21-24H. The molecule has 0 radical (unpaired) electrons. The van der Waals surface area contributed by atoms with E-state index in [-0.39, 0.29) is 0 Å². The van der Waals surface area contributed by atoms with Gasteiger partial charge in [0.15, 0.2) is 0 Å². The molecular formula is C24H20N4. The summed E-state index contributed by atoms with van der Waals surface area (Å²) < 4.78 is 0. The fourth-order valence-corrected chi connectivity index (χ4v) is 4.70. The molecule has 1 fully saturated rings. The highest BCUT2D eigenvalue weighted by Gasteiger charge is 2.53. The van der Waals surface area contributed by atoms with Crippen molar-refractivity contribution in [3.05, 3.63) is 120 Å². The second kappa shape index (κ2) is 7.31. The van der Waals surface area contributed by atoms with E-state index >= 15 is 0 Å². The first-order valence-corrected chi connectivity index (χ1v) is 9.53. The quantitative estimate of drug-likeness (QED) is 0.526. The zero-order chi connectivity index (χ0) is 18.8. The zero-order valence-corrected chi connectivity index (χ0v) is 15.3. The van der Waals surface area contributed by atoms with E-state index in [0.717, 1.165) is 0 Å². The van der Waals surface area contributed by atoms with E-state index in [1.54, 1.807) is 0 Å². The fraction of sp³-hybridized carbons (Fsp3) is 0.167. The van der Waals surface area contributed by atoms with Crippen molar-refractivity contribution in [3.63, 3.8) is 0 Å². The van der Waals surface area contributed by atoms with Crippen molar-refractivity contribution >= 4 is 0 Å². The molecule has 0 unspecified atom stereocenters. The Balaban J connectivity index is 1.67. The normalized spacial score (nSPS) is 23.7. The van der Waals surface area contributed by atoms with Gasteiger partial charge in [0, 0.05) is 73.2 Å². The van der Waals surface area contributed by atoms with Gasteiger partial charge >= 0.3 is 0 Å². The summed E-state index contributed by atoms with van der Waals surface area (Å²) >= 11 is 0. The van der Waals surface area contributed by atoms with Crippen LogP contribution in [-0.4, -0.2) is 19.9 Å². The zero-order valence-electron chi connectivity index (χ0n) is 15.3. The summed E-state index contributed by atoms with van der Waals surface area (Å²) in [6, 6.07) is 16.8. The molecule has 0 N–H and O–H groups in total. The van der Waals surface area contributed by atoms with E-state index in [1.165, 1.54) is 22.3 Å². The van der Waals surface area contributed by atoms with Gasteiger partial charge in [0.25, 0.3) is 0 Å². The van der Waals surface area contributed by atoms with Crippen LogP contribution < -0.4 is 0 Å². The molecule has 0 amide bonds. The van der Waals surface area contributed by atoms with E-state index in [1.807, 2.05) is 73.8 Å². The second-order valence-electron chi connectivity index (χ2n) is 7.25. The number of hydrogen-bond donors (Lipinski definition) is 0. The van der Waals surface area contributed by atoms with Crippen LogP contribution in [0.1, 0.15) is 45.9 Å². The van der Waals surface area contributed by atoms with Crippen molar-refractivity contribution in [1.82, 2.24) is 19.9 Å². The summed E-state index contributed by atoms with van der Waals surface area (Å²) in [6.07, 6.45) is 15.3. The van der Waals surface area contributed by atoms with Gasteiger partial charge in [0.05, 0.1) is 0 Å². The van der Waals surface area contributed by atoms with Gasteiger partial charge in [-0.25, -0.2) is 0 Å². The fourth-order valence-electron chi connectivity index (χ4n) is 4.70. The van der Waals surface area contributed by atoms with Gasteiger partial charge in [-0.2, -0.15) is 0 Å². The van der Waals surface area contributed by atoms with Crippen LogP contribution in [0.15, 0.2) is 98.1 Å². The molecular weight excluding hydrogens is 344 g/mol. The molecule has 1 aliphatic rings. The van der Waals surface area contributed by atoms with E-state index in [0.29, 0.717) is 23.7 Å². The van der Waals surface area contributed by atoms with Crippen LogP contribution in [-0.2, 0) is 0 Å². The molecule has 1 saturated carbocycles. The molecule has 4 aromatic heterocycles. The Kier molecular flexibility index (Phi) is 4.37. The molecule has 0 aromatic carbocycles. The third-order valence-corrected chi connectivity index (χ3v) is 5.82. The molecule has 4 heteroatoms. The predicted octanol–water partition coefficient (Wildman–Crippen LogP) is 4.72. The van der Waals surface area contributed by atoms with Crippen LogP contribution in [0.2, 0.25) is 0 Å². The molecule has 0 bridgehead atoms. The Morgan fingerprint density at radius 1 is 0.393 bits per heavy atom. The van der Waals surface area contributed by atoms with Crippen LogP contribution in [0.5, 0.6) is 0 Å². The van der Waals surface area contributed by atoms with Crippen molar-refractivity contribution in [2.75, 3.05) is 0 Å². The molecule has 28 heavy (non-hydrogen) atoms. The lowest BCUT2D eigenvalue weighted by Crippen LogP contribution is -2.40. The van der Waals surface area contributed by atoms with E-state index < -0.39 is 0 Å². The third-order valence-electron chi connectivity index (χ3n) is 5.82. The van der Waals surface area contributed by atoms with Crippen LogP contribution in [0, 0.1) is 0 Å². The molecule has 136 valence electrons. The van der Waals surface area contributed by atoms with Crippen molar-refractivity contribution in [2.45, 2.75) is 23.7 Å². The minimum atomic E-state index is 0.312. The van der Waals surface area contributed by atoms with Crippen LogP contribution in [0.4, 0.5) is 0 Å². The van der Waals surface area contributed by atoms with Gasteiger partial charge in [0.2, 0.25) is 0 Å². The van der Waals surface area contributed by atoms with Gasteiger partial charge in [0.1, 0.15) is 0 Å². The average Bonchev–Trinajstić information content (AvgIpc) is 2.76. The highest BCUT2D eigenvalue weighted by Crippen LogP contribution is 2.66. The van der Waals surface area contributed by atoms with Crippen molar-refractivity contribution in [1.29, 1.82) is 0 Å². The summed E-state index contributed by atoms with van der Waals surface area (Å²) in [5.74, 6) is 1.25. The first-order chi connectivity index (χ1) is 13.9. The number of pyridine rings is 4. The molecule has 0 atom stereocenters. The molecule has 4 heterocycles.